The molecule has 2 aromatic rings. The minimum Gasteiger partial charge on any atom is -0.410 e. The Balaban J connectivity index is 1.76. The molecular formula is C35H48F3NO3Si. The van der Waals surface area contributed by atoms with Crippen molar-refractivity contribution in [3.8, 4) is 0 Å². The number of ether oxygens (including phenoxy) is 1. The molecule has 2 heterocycles. The van der Waals surface area contributed by atoms with E-state index in [0.29, 0.717) is 18.8 Å². The predicted octanol–water partition coefficient (Wildman–Crippen LogP) is 9.68. The second-order valence-corrected chi connectivity index (χ2v) is 19.8. The van der Waals surface area contributed by atoms with Crippen LogP contribution >= 0.6 is 0 Å². The summed E-state index contributed by atoms with van der Waals surface area (Å²) in [5.41, 5.74) is 5.72. The molecule has 236 valence electrons. The summed E-state index contributed by atoms with van der Waals surface area (Å²) < 4.78 is 53.2. The second kappa shape index (κ2) is 11.7. The first-order chi connectivity index (χ1) is 20.0. The molecule has 0 bridgehead atoms. The second-order valence-electron chi connectivity index (χ2n) is 15.1. The zero-order valence-corrected chi connectivity index (χ0v) is 27.8. The lowest BCUT2D eigenvalue weighted by molar-refractivity contribution is -0.137. The molecule has 1 aromatic heterocycles. The summed E-state index contributed by atoms with van der Waals surface area (Å²) in [5, 5.41) is 12.2. The molecule has 2 aliphatic carbocycles. The Bertz CT molecular complexity index is 1350. The summed E-state index contributed by atoms with van der Waals surface area (Å²) in [7, 11) is -2.20. The van der Waals surface area contributed by atoms with E-state index in [1.807, 2.05) is 0 Å². The average Bonchev–Trinajstić information content (AvgIpc) is 3.45. The number of pyridine rings is 1. The van der Waals surface area contributed by atoms with Crippen molar-refractivity contribution < 1.29 is 27.4 Å². The molecule has 2 atom stereocenters. The van der Waals surface area contributed by atoms with E-state index in [1.54, 1.807) is 0 Å². The maximum atomic E-state index is 13.4. The van der Waals surface area contributed by atoms with E-state index in [1.165, 1.54) is 17.7 Å². The molecule has 0 radical (unpaired) electrons. The Morgan fingerprint density at radius 3 is 2.28 bits per heavy atom. The van der Waals surface area contributed by atoms with Crippen molar-refractivity contribution in [3.63, 3.8) is 0 Å². The molecule has 1 fully saturated rings. The number of rotatable bonds is 6. The Labute approximate surface area is 256 Å². The minimum absolute atomic E-state index is 0.0135. The fourth-order valence-electron chi connectivity index (χ4n) is 6.75. The number of halogens is 3. The van der Waals surface area contributed by atoms with Gasteiger partial charge < -0.3 is 14.3 Å². The van der Waals surface area contributed by atoms with Gasteiger partial charge in [-0.2, -0.15) is 13.2 Å². The van der Waals surface area contributed by atoms with E-state index in [9.17, 15) is 18.3 Å². The van der Waals surface area contributed by atoms with Gasteiger partial charge in [-0.3, -0.25) is 4.98 Å². The van der Waals surface area contributed by atoms with Crippen molar-refractivity contribution in [1.82, 2.24) is 4.98 Å². The van der Waals surface area contributed by atoms with Crippen molar-refractivity contribution in [3.05, 3.63) is 69.5 Å². The van der Waals surface area contributed by atoms with Gasteiger partial charge in [-0.15, -0.1) is 0 Å². The number of hydrogen-bond donors (Lipinski definition) is 1. The van der Waals surface area contributed by atoms with Crippen molar-refractivity contribution in [1.29, 1.82) is 0 Å². The number of aromatic nitrogens is 1. The normalized spacial score (nSPS) is 22.3. The lowest BCUT2D eigenvalue weighted by Gasteiger charge is -2.45. The van der Waals surface area contributed by atoms with E-state index >= 15 is 0 Å². The summed E-state index contributed by atoms with van der Waals surface area (Å²) in [4.78, 5) is 5.42. The van der Waals surface area contributed by atoms with Gasteiger partial charge in [0.1, 0.15) is 6.10 Å². The summed E-state index contributed by atoms with van der Waals surface area (Å²) in [6, 6.07) is 4.97. The first kappa shape index (κ1) is 32.4. The summed E-state index contributed by atoms with van der Waals surface area (Å²) in [6.07, 6.45) is 2.71. The van der Waals surface area contributed by atoms with Gasteiger partial charge in [-0.25, -0.2) is 0 Å². The first-order valence-corrected chi connectivity index (χ1v) is 18.8. The van der Waals surface area contributed by atoms with Gasteiger partial charge >= 0.3 is 6.18 Å². The van der Waals surface area contributed by atoms with Gasteiger partial charge in [0.2, 0.25) is 0 Å². The van der Waals surface area contributed by atoms with Crippen molar-refractivity contribution in [2.45, 2.75) is 122 Å². The highest BCUT2D eigenvalue weighted by atomic mass is 28.4. The van der Waals surface area contributed by atoms with Crippen LogP contribution in [0.5, 0.6) is 0 Å². The Kier molecular flexibility index (Phi) is 8.84. The molecule has 1 unspecified atom stereocenters. The maximum Gasteiger partial charge on any atom is 0.416 e. The highest BCUT2D eigenvalue weighted by molar-refractivity contribution is 6.74. The molecule has 1 aromatic carbocycles. The molecule has 0 amide bonds. The predicted molar refractivity (Wildman–Crippen MR) is 167 cm³/mol. The highest BCUT2D eigenvalue weighted by Gasteiger charge is 2.45. The van der Waals surface area contributed by atoms with E-state index in [-0.39, 0.29) is 22.5 Å². The molecule has 4 nitrogen and oxygen atoms in total. The molecule has 1 N–H and O–H groups in total. The third-order valence-electron chi connectivity index (χ3n) is 10.1. The first-order valence-electron chi connectivity index (χ1n) is 15.9. The third kappa shape index (κ3) is 6.68. The lowest BCUT2D eigenvalue weighted by Crippen LogP contribution is -2.44. The highest BCUT2D eigenvalue weighted by Crippen LogP contribution is 2.52. The fourth-order valence-corrected chi connectivity index (χ4v) is 8.02. The SMILES string of the molecule is CC1(C)Cc2nc(C3CCOCC3)c(C(O)c3ccc(C(F)(F)F)cc3)c(C3=CCCC3)c2[C@H](O[Si](C)(C)C(C)(C)C)C1. The smallest absolute Gasteiger partial charge is 0.410 e. The van der Waals surface area contributed by atoms with Gasteiger partial charge in [-0.05, 0) is 97.3 Å². The van der Waals surface area contributed by atoms with Gasteiger partial charge in [0.15, 0.2) is 8.32 Å². The molecule has 3 aliphatic rings. The molecule has 0 spiro atoms. The van der Waals surface area contributed by atoms with Crippen LogP contribution in [0.25, 0.3) is 5.57 Å². The van der Waals surface area contributed by atoms with Gasteiger partial charge in [-0.1, -0.05) is 52.8 Å². The van der Waals surface area contributed by atoms with Crippen molar-refractivity contribution >= 4 is 13.9 Å². The third-order valence-corrected chi connectivity index (χ3v) is 14.6. The Morgan fingerprint density at radius 1 is 1.07 bits per heavy atom. The van der Waals surface area contributed by atoms with Crippen LogP contribution < -0.4 is 0 Å². The number of nitrogens with zero attached hydrogens (tertiary/aromatic N) is 1. The molecule has 1 aliphatic heterocycles. The zero-order chi connectivity index (χ0) is 31.4. The minimum atomic E-state index is -4.44. The van der Waals surface area contributed by atoms with Crippen molar-refractivity contribution in [2.24, 2.45) is 5.41 Å². The largest absolute Gasteiger partial charge is 0.416 e. The lowest BCUT2D eigenvalue weighted by atomic mass is 9.71. The van der Waals surface area contributed by atoms with Crippen molar-refractivity contribution in [2.75, 3.05) is 13.2 Å². The Morgan fingerprint density at radius 2 is 1.72 bits per heavy atom. The number of benzene rings is 1. The van der Waals surface area contributed by atoms with Gasteiger partial charge in [0, 0.05) is 36.0 Å². The van der Waals surface area contributed by atoms with E-state index in [0.717, 1.165) is 85.2 Å². The molecule has 8 heteroatoms. The topological polar surface area (TPSA) is 51.6 Å². The van der Waals surface area contributed by atoms with Crippen LogP contribution in [-0.2, 0) is 21.8 Å². The monoisotopic (exact) mass is 615 g/mol. The van der Waals surface area contributed by atoms with Crippen LogP contribution in [-0.4, -0.2) is 31.6 Å². The van der Waals surface area contributed by atoms with Crippen LogP contribution in [0.4, 0.5) is 13.2 Å². The Hall–Kier alpha value is -2.00. The zero-order valence-electron chi connectivity index (χ0n) is 26.8. The van der Waals surface area contributed by atoms with E-state index in [4.69, 9.17) is 14.1 Å². The average molecular weight is 616 g/mol. The molecular weight excluding hydrogens is 567 g/mol. The number of aliphatic hydroxyl groups excluding tert-OH is 1. The van der Waals surface area contributed by atoms with E-state index < -0.39 is 26.2 Å². The molecule has 5 rings (SSSR count). The standard InChI is InChI=1S/C35H48F3NO3Si/c1-33(2,3)43(6,7)42-27-21-34(4,5)20-26-29(27)28(22-10-8-9-11-22)30(31(39-26)23-16-18-41-19-17-23)32(40)24-12-14-25(15-13-24)35(36,37)38/h10,12-15,23,27,32,40H,8-9,11,16-21H2,1-7H3/t27-,32?/m1/s1. The quantitative estimate of drug-likeness (QED) is 0.329. The maximum absolute atomic E-state index is 13.4. The summed E-state index contributed by atoms with van der Waals surface area (Å²) >= 11 is 0. The number of aliphatic hydroxyl groups is 1. The molecule has 43 heavy (non-hydrogen) atoms. The summed E-state index contributed by atoms with van der Waals surface area (Å²) in [5.74, 6) is 0.101. The van der Waals surface area contributed by atoms with Crippen LogP contribution in [0.15, 0.2) is 30.3 Å². The van der Waals surface area contributed by atoms with Gasteiger partial charge in [0.25, 0.3) is 0 Å². The number of allylic oxidation sites excluding steroid dienone is 2. The van der Waals surface area contributed by atoms with Crippen LogP contribution in [0.1, 0.15) is 130 Å². The molecule has 0 saturated carbocycles. The molecule has 1 saturated heterocycles. The number of fused-ring (bicyclic) bond motifs is 1. The summed E-state index contributed by atoms with van der Waals surface area (Å²) in [6.45, 7) is 17.1. The van der Waals surface area contributed by atoms with Gasteiger partial charge in [0.05, 0.1) is 17.4 Å². The number of hydrogen-bond acceptors (Lipinski definition) is 4. The van der Waals surface area contributed by atoms with Crippen LogP contribution in [0.2, 0.25) is 18.1 Å². The van der Waals surface area contributed by atoms with Crippen LogP contribution in [0.3, 0.4) is 0 Å². The van der Waals surface area contributed by atoms with E-state index in [2.05, 4.69) is 53.8 Å². The number of alkyl halides is 3. The fraction of sp³-hybridized carbons (Fsp3) is 0.629. The van der Waals surface area contributed by atoms with Crippen LogP contribution in [0, 0.1) is 5.41 Å².